The van der Waals surface area contributed by atoms with Gasteiger partial charge in [-0.15, -0.1) is 0 Å². The highest BCUT2D eigenvalue weighted by molar-refractivity contribution is 9.09. The van der Waals surface area contributed by atoms with E-state index in [0.717, 1.165) is 10.7 Å². The Morgan fingerprint density at radius 1 is 1.50 bits per heavy atom. The summed E-state index contributed by atoms with van der Waals surface area (Å²) in [6.45, 7) is 2.27. The first-order valence-corrected chi connectivity index (χ1v) is 4.38. The van der Waals surface area contributed by atoms with Crippen LogP contribution in [0.25, 0.3) is 0 Å². The smallest absolute Gasteiger partial charge is 0.0151 e. The molecule has 0 N–H and O–H groups in total. The van der Waals surface area contributed by atoms with Crippen LogP contribution < -0.4 is 0 Å². The predicted molar refractivity (Wildman–Crippen MR) is 40.3 cm³/mol. The fourth-order valence-electron chi connectivity index (χ4n) is 1.30. The largest absolute Gasteiger partial charge is 0.0890 e. The fraction of sp³-hybridized carbons (Fsp3) is 1.00. The summed E-state index contributed by atoms with van der Waals surface area (Å²) in [5.41, 5.74) is 0. The van der Waals surface area contributed by atoms with E-state index in [-0.39, 0.29) is 0 Å². The van der Waals surface area contributed by atoms with Gasteiger partial charge in [0.2, 0.25) is 0 Å². The van der Waals surface area contributed by atoms with Gasteiger partial charge in [-0.2, -0.15) is 0 Å². The molecule has 0 saturated heterocycles. The molecule has 48 valence electrons. The lowest BCUT2D eigenvalue weighted by Crippen LogP contribution is -2.22. The molecule has 0 nitrogen and oxygen atoms in total. The average molecular weight is 177 g/mol. The van der Waals surface area contributed by atoms with Crippen LogP contribution in [0.4, 0.5) is 0 Å². The predicted octanol–water partition coefficient (Wildman–Crippen LogP) is 2.96. The Hall–Kier alpha value is 0.480. The molecule has 0 amide bonds. The Morgan fingerprint density at radius 2 is 2.12 bits per heavy atom. The zero-order chi connectivity index (χ0) is 5.98. The number of halogens is 1. The van der Waals surface area contributed by atoms with E-state index in [9.17, 15) is 0 Å². The van der Waals surface area contributed by atoms with E-state index in [1.807, 2.05) is 0 Å². The zero-order valence-electron chi connectivity index (χ0n) is 5.36. The molecule has 1 aliphatic carbocycles. The first-order chi connectivity index (χ1) is 3.83. The first kappa shape index (κ1) is 6.60. The second-order valence-corrected chi connectivity index (χ2v) is 4.02. The van der Waals surface area contributed by atoms with Crippen molar-refractivity contribution in [2.24, 2.45) is 5.92 Å². The van der Waals surface area contributed by atoms with Gasteiger partial charge >= 0.3 is 0 Å². The Balaban J connectivity index is 1.98. The van der Waals surface area contributed by atoms with Crippen molar-refractivity contribution in [1.82, 2.24) is 0 Å². The second kappa shape index (κ2) is 2.86. The summed E-state index contributed by atoms with van der Waals surface area (Å²) in [5, 5.41) is 0. The average Bonchev–Trinajstić information content (AvgIpc) is 1.64. The summed E-state index contributed by atoms with van der Waals surface area (Å²) < 4.78 is 0. The first-order valence-electron chi connectivity index (χ1n) is 3.47. The van der Waals surface area contributed by atoms with Gasteiger partial charge in [0.15, 0.2) is 0 Å². The highest BCUT2D eigenvalue weighted by Gasteiger charge is 2.25. The molecule has 0 spiro atoms. The maximum atomic E-state index is 3.57. The maximum Gasteiger partial charge on any atom is 0.0151 e. The molecule has 0 aromatic rings. The summed E-state index contributed by atoms with van der Waals surface area (Å²) in [6.07, 6.45) is 5.66. The van der Waals surface area contributed by atoms with Crippen LogP contribution in [0.5, 0.6) is 0 Å². The molecule has 8 heavy (non-hydrogen) atoms. The number of alkyl halides is 1. The number of hydrogen-bond acceptors (Lipinski definition) is 0. The summed E-state index contributed by atoms with van der Waals surface area (Å²) in [7, 11) is 0. The van der Waals surface area contributed by atoms with Crippen molar-refractivity contribution in [1.29, 1.82) is 0 Å². The van der Waals surface area contributed by atoms with E-state index >= 15 is 0 Å². The molecule has 0 aromatic heterocycles. The minimum atomic E-state index is 0.860. The van der Waals surface area contributed by atoms with Crippen LogP contribution in [0.15, 0.2) is 0 Å². The van der Waals surface area contributed by atoms with E-state index in [1.165, 1.54) is 25.7 Å². The molecule has 0 radical (unpaired) electrons. The fourth-order valence-corrected chi connectivity index (χ4v) is 2.36. The van der Waals surface area contributed by atoms with Gasteiger partial charge in [-0.25, -0.2) is 0 Å². The van der Waals surface area contributed by atoms with Crippen molar-refractivity contribution >= 4 is 15.9 Å². The monoisotopic (exact) mass is 176 g/mol. The summed E-state index contributed by atoms with van der Waals surface area (Å²) in [4.78, 5) is 0.860. The Kier molecular flexibility index (Phi) is 2.36. The summed E-state index contributed by atoms with van der Waals surface area (Å²) >= 11 is 3.57. The van der Waals surface area contributed by atoms with Crippen LogP contribution in [-0.4, -0.2) is 4.83 Å². The van der Waals surface area contributed by atoms with Crippen LogP contribution in [0.3, 0.4) is 0 Å². The van der Waals surface area contributed by atoms with Crippen LogP contribution in [0.1, 0.15) is 32.6 Å². The third-order valence-corrected chi connectivity index (χ3v) is 2.62. The molecule has 0 heterocycles. The molecular weight excluding hydrogens is 164 g/mol. The topological polar surface area (TPSA) is 0 Å². The van der Waals surface area contributed by atoms with Crippen molar-refractivity contribution in [3.05, 3.63) is 0 Å². The molecule has 1 rings (SSSR count). The van der Waals surface area contributed by atoms with Crippen LogP contribution in [0.2, 0.25) is 0 Å². The Bertz CT molecular complexity index is 62.0. The van der Waals surface area contributed by atoms with Gasteiger partial charge in [0.05, 0.1) is 0 Å². The highest BCUT2D eigenvalue weighted by atomic mass is 79.9. The zero-order valence-corrected chi connectivity index (χ0v) is 6.95. The molecule has 1 fully saturated rings. The molecule has 0 atom stereocenters. The van der Waals surface area contributed by atoms with E-state index in [1.54, 1.807) is 0 Å². The van der Waals surface area contributed by atoms with E-state index in [4.69, 9.17) is 0 Å². The van der Waals surface area contributed by atoms with Crippen LogP contribution in [-0.2, 0) is 0 Å². The van der Waals surface area contributed by atoms with Crippen LogP contribution >= 0.6 is 15.9 Å². The number of rotatable bonds is 2. The molecule has 1 aliphatic rings. The van der Waals surface area contributed by atoms with E-state index < -0.39 is 0 Å². The van der Waals surface area contributed by atoms with Gasteiger partial charge in [-0.1, -0.05) is 35.7 Å². The SMILES string of the molecule is CCCC1CC(Br)C1. The Morgan fingerprint density at radius 3 is 2.50 bits per heavy atom. The minimum absolute atomic E-state index is 0.860. The molecule has 0 aromatic carbocycles. The molecule has 1 saturated carbocycles. The normalized spacial score (nSPS) is 36.8. The standard InChI is InChI=1S/C7H13Br/c1-2-3-6-4-7(8)5-6/h6-7H,2-5H2,1H3. The molecule has 1 heteroatoms. The lowest BCUT2D eigenvalue weighted by molar-refractivity contribution is 0.310. The van der Waals surface area contributed by atoms with Gasteiger partial charge < -0.3 is 0 Å². The third kappa shape index (κ3) is 1.48. The number of hydrogen-bond donors (Lipinski definition) is 0. The molecule has 0 unspecified atom stereocenters. The van der Waals surface area contributed by atoms with E-state index in [0.29, 0.717) is 0 Å². The highest BCUT2D eigenvalue weighted by Crippen LogP contribution is 2.35. The summed E-state index contributed by atoms with van der Waals surface area (Å²) in [5.74, 6) is 1.06. The second-order valence-electron chi connectivity index (χ2n) is 2.72. The van der Waals surface area contributed by atoms with Crippen molar-refractivity contribution in [2.45, 2.75) is 37.4 Å². The summed E-state index contributed by atoms with van der Waals surface area (Å²) in [6, 6.07) is 0. The molecule has 0 bridgehead atoms. The maximum absolute atomic E-state index is 3.57. The lowest BCUT2D eigenvalue weighted by atomic mass is 9.82. The van der Waals surface area contributed by atoms with Gasteiger partial charge in [-0.05, 0) is 18.8 Å². The van der Waals surface area contributed by atoms with Crippen molar-refractivity contribution < 1.29 is 0 Å². The van der Waals surface area contributed by atoms with Crippen LogP contribution in [0, 0.1) is 5.92 Å². The van der Waals surface area contributed by atoms with Gasteiger partial charge in [-0.3, -0.25) is 0 Å². The van der Waals surface area contributed by atoms with Gasteiger partial charge in [0, 0.05) is 4.83 Å². The minimum Gasteiger partial charge on any atom is -0.0890 e. The third-order valence-electron chi connectivity index (χ3n) is 1.88. The molecular formula is C7H13Br. The lowest BCUT2D eigenvalue weighted by Gasteiger charge is -2.30. The van der Waals surface area contributed by atoms with Gasteiger partial charge in [0.25, 0.3) is 0 Å². The van der Waals surface area contributed by atoms with Crippen molar-refractivity contribution in [3.63, 3.8) is 0 Å². The Labute approximate surface area is 59.8 Å². The van der Waals surface area contributed by atoms with Crippen molar-refractivity contribution in [3.8, 4) is 0 Å². The van der Waals surface area contributed by atoms with Crippen molar-refractivity contribution in [2.75, 3.05) is 0 Å². The quantitative estimate of drug-likeness (QED) is 0.569. The van der Waals surface area contributed by atoms with Gasteiger partial charge in [0.1, 0.15) is 0 Å². The molecule has 0 aliphatic heterocycles. The van der Waals surface area contributed by atoms with E-state index in [2.05, 4.69) is 22.9 Å².